The third-order valence-corrected chi connectivity index (χ3v) is 8.02. The highest BCUT2D eigenvalue weighted by molar-refractivity contribution is 5.87. The molecule has 1 aliphatic carbocycles. The Labute approximate surface area is 250 Å². The maximum Gasteiger partial charge on any atom is 0.271 e. The standard InChI is InChI=1S/C30H37N9O4/c1-18-13-19(2)34-29(33-18)35-21-5-7-22(8-6-21)43-28-24-14-23(42-20(3)26-17-32-30(37-40)38(26)4)16-31-25(24)15-27(36-28)39-9-11-41-12-10-39/h13-17,20-22H,5-12H2,1-4H3,(H,33,34,35). The van der Waals surface area contributed by atoms with Gasteiger partial charge in [0.1, 0.15) is 23.8 Å². The normalized spacial score (nSPS) is 19.7. The number of anilines is 2. The highest BCUT2D eigenvalue weighted by Crippen LogP contribution is 2.34. The van der Waals surface area contributed by atoms with E-state index in [1.54, 1.807) is 24.0 Å². The van der Waals surface area contributed by atoms with Crippen LogP contribution in [0.2, 0.25) is 0 Å². The predicted molar refractivity (Wildman–Crippen MR) is 162 cm³/mol. The number of morpholine rings is 1. The van der Waals surface area contributed by atoms with Gasteiger partial charge in [0.25, 0.3) is 5.95 Å². The lowest BCUT2D eigenvalue weighted by atomic mass is 9.93. The zero-order valence-corrected chi connectivity index (χ0v) is 25.0. The highest BCUT2D eigenvalue weighted by atomic mass is 16.5. The molecule has 5 heterocycles. The molecule has 0 bridgehead atoms. The topological polar surface area (TPSA) is 142 Å². The summed E-state index contributed by atoms with van der Waals surface area (Å²) in [6, 6.07) is 6.18. The first-order chi connectivity index (χ1) is 20.9. The number of ether oxygens (including phenoxy) is 3. The van der Waals surface area contributed by atoms with Gasteiger partial charge in [-0.1, -0.05) is 0 Å². The Balaban J connectivity index is 1.22. The summed E-state index contributed by atoms with van der Waals surface area (Å²) in [5.41, 5.74) is 3.42. The lowest BCUT2D eigenvalue weighted by Crippen LogP contribution is -2.37. The minimum absolute atomic E-state index is 0.0149. The maximum absolute atomic E-state index is 11.0. The summed E-state index contributed by atoms with van der Waals surface area (Å²) in [6.07, 6.45) is 6.56. The third-order valence-electron chi connectivity index (χ3n) is 8.02. The molecule has 4 aromatic heterocycles. The van der Waals surface area contributed by atoms with E-state index in [4.69, 9.17) is 24.2 Å². The second-order valence-electron chi connectivity index (χ2n) is 11.2. The summed E-state index contributed by atoms with van der Waals surface area (Å²) in [5.74, 6) is 2.72. The fourth-order valence-corrected chi connectivity index (χ4v) is 5.77. The molecule has 226 valence electrons. The maximum atomic E-state index is 11.0. The quantitative estimate of drug-likeness (QED) is 0.266. The second-order valence-corrected chi connectivity index (χ2v) is 11.2. The van der Waals surface area contributed by atoms with Crippen molar-refractivity contribution in [1.29, 1.82) is 0 Å². The van der Waals surface area contributed by atoms with Crippen LogP contribution in [0.3, 0.4) is 0 Å². The van der Waals surface area contributed by atoms with Crippen molar-refractivity contribution in [1.82, 2.24) is 29.5 Å². The fraction of sp³-hybridized carbons (Fsp3) is 0.500. The Morgan fingerprint density at radius 1 is 1.00 bits per heavy atom. The molecule has 0 aromatic carbocycles. The summed E-state index contributed by atoms with van der Waals surface area (Å²) in [6.45, 7) is 8.70. The molecule has 2 fully saturated rings. The first kappa shape index (κ1) is 28.7. The van der Waals surface area contributed by atoms with Gasteiger partial charge in [-0.3, -0.25) is 4.98 Å². The van der Waals surface area contributed by atoms with Crippen molar-refractivity contribution >= 4 is 28.6 Å². The Kier molecular flexibility index (Phi) is 8.32. The average Bonchev–Trinajstić information content (AvgIpc) is 3.38. The van der Waals surface area contributed by atoms with Gasteiger partial charge in [0.2, 0.25) is 11.8 Å². The Morgan fingerprint density at radius 3 is 2.44 bits per heavy atom. The Hall–Kier alpha value is -4.39. The van der Waals surface area contributed by atoms with Crippen LogP contribution in [0.5, 0.6) is 11.6 Å². The van der Waals surface area contributed by atoms with Crippen LogP contribution in [0.4, 0.5) is 17.7 Å². The molecule has 0 amide bonds. The van der Waals surface area contributed by atoms with Gasteiger partial charge in [0, 0.05) is 48.8 Å². The minimum Gasteiger partial charge on any atom is -0.483 e. The third kappa shape index (κ3) is 6.51. The number of fused-ring (bicyclic) bond motifs is 1. The minimum atomic E-state index is -0.388. The molecule has 43 heavy (non-hydrogen) atoms. The van der Waals surface area contributed by atoms with Crippen LogP contribution in [-0.2, 0) is 11.8 Å². The van der Waals surface area contributed by atoms with Gasteiger partial charge in [0.15, 0.2) is 0 Å². The Bertz CT molecular complexity index is 1580. The second kappa shape index (κ2) is 12.5. The number of rotatable bonds is 9. The number of nitroso groups, excluding NO2 is 1. The van der Waals surface area contributed by atoms with Gasteiger partial charge in [-0.2, -0.15) is 4.98 Å². The molecule has 0 spiro atoms. The van der Waals surface area contributed by atoms with Gasteiger partial charge in [-0.15, -0.1) is 4.91 Å². The Morgan fingerprint density at radius 2 is 1.74 bits per heavy atom. The van der Waals surface area contributed by atoms with E-state index in [9.17, 15) is 4.91 Å². The number of hydrogen-bond donors (Lipinski definition) is 1. The molecule has 1 atom stereocenters. The van der Waals surface area contributed by atoms with Gasteiger partial charge >= 0.3 is 0 Å². The lowest BCUT2D eigenvalue weighted by molar-refractivity contribution is 0.122. The highest BCUT2D eigenvalue weighted by Gasteiger charge is 2.26. The average molecular weight is 588 g/mol. The van der Waals surface area contributed by atoms with Crippen molar-refractivity contribution in [2.24, 2.45) is 12.2 Å². The monoisotopic (exact) mass is 587 g/mol. The summed E-state index contributed by atoms with van der Waals surface area (Å²) >= 11 is 0. The summed E-state index contributed by atoms with van der Waals surface area (Å²) in [7, 11) is 1.74. The molecule has 13 heteroatoms. The number of nitrogens with one attached hydrogen (secondary N) is 1. The van der Waals surface area contributed by atoms with Crippen LogP contribution < -0.4 is 19.7 Å². The van der Waals surface area contributed by atoms with E-state index < -0.39 is 0 Å². The first-order valence-corrected chi connectivity index (χ1v) is 14.8. The molecule has 13 nitrogen and oxygen atoms in total. The zero-order valence-electron chi connectivity index (χ0n) is 25.0. The van der Waals surface area contributed by atoms with Crippen molar-refractivity contribution < 1.29 is 14.2 Å². The van der Waals surface area contributed by atoms with E-state index in [0.717, 1.165) is 72.6 Å². The van der Waals surface area contributed by atoms with Gasteiger partial charge in [-0.05, 0) is 58.6 Å². The number of nitrogens with zero attached hydrogens (tertiary/aromatic N) is 8. The zero-order chi connectivity index (χ0) is 29.9. The van der Waals surface area contributed by atoms with Crippen LogP contribution in [-0.4, -0.2) is 67.9 Å². The van der Waals surface area contributed by atoms with E-state index in [2.05, 4.69) is 30.3 Å². The van der Waals surface area contributed by atoms with Crippen molar-refractivity contribution in [3.8, 4) is 11.6 Å². The molecule has 1 unspecified atom stereocenters. The molecule has 1 aliphatic heterocycles. The van der Waals surface area contributed by atoms with E-state index >= 15 is 0 Å². The molecule has 4 aromatic rings. The largest absolute Gasteiger partial charge is 0.483 e. The number of hydrogen-bond acceptors (Lipinski definition) is 12. The van der Waals surface area contributed by atoms with E-state index in [0.29, 0.717) is 30.8 Å². The summed E-state index contributed by atoms with van der Waals surface area (Å²) in [4.78, 5) is 36.1. The van der Waals surface area contributed by atoms with Crippen LogP contribution in [0.1, 0.15) is 55.8 Å². The van der Waals surface area contributed by atoms with Gasteiger partial charge in [0.05, 0.1) is 42.2 Å². The molecule has 2 aliphatic rings. The van der Waals surface area contributed by atoms with E-state index in [-0.39, 0.29) is 24.2 Å². The number of imidazole rings is 1. The molecule has 1 saturated carbocycles. The smallest absolute Gasteiger partial charge is 0.271 e. The summed E-state index contributed by atoms with van der Waals surface area (Å²) < 4.78 is 20.0. The number of pyridine rings is 2. The van der Waals surface area contributed by atoms with Crippen molar-refractivity contribution in [2.45, 2.75) is 64.7 Å². The van der Waals surface area contributed by atoms with Gasteiger partial charge < -0.3 is 29.0 Å². The van der Waals surface area contributed by atoms with E-state index in [1.165, 1.54) is 0 Å². The first-order valence-electron chi connectivity index (χ1n) is 14.8. The van der Waals surface area contributed by atoms with Crippen LogP contribution in [0, 0.1) is 18.8 Å². The van der Waals surface area contributed by atoms with Crippen LogP contribution in [0.25, 0.3) is 10.9 Å². The molecule has 0 radical (unpaired) electrons. The van der Waals surface area contributed by atoms with Gasteiger partial charge in [-0.25, -0.2) is 15.0 Å². The molecule has 1 N–H and O–H groups in total. The summed E-state index contributed by atoms with van der Waals surface area (Å²) in [5, 5.41) is 7.25. The van der Waals surface area contributed by atoms with Crippen molar-refractivity contribution in [3.05, 3.63) is 52.6 Å². The fourth-order valence-electron chi connectivity index (χ4n) is 5.77. The molecular weight excluding hydrogens is 550 g/mol. The molecular formula is C30H37N9O4. The van der Waals surface area contributed by atoms with Crippen LogP contribution in [0.15, 0.2) is 35.8 Å². The lowest BCUT2D eigenvalue weighted by Gasteiger charge is -2.31. The number of aromatic nitrogens is 6. The predicted octanol–water partition coefficient (Wildman–Crippen LogP) is 4.95. The van der Waals surface area contributed by atoms with E-state index in [1.807, 2.05) is 39.0 Å². The SMILES string of the molecule is Cc1cc(C)nc(NC2CCC(Oc3nc(N4CCOCC4)cc4ncc(OC(C)c5cnc(N=O)n5C)cc34)CC2)n1. The van der Waals surface area contributed by atoms with Crippen molar-refractivity contribution in [3.63, 3.8) is 0 Å². The van der Waals surface area contributed by atoms with Crippen molar-refractivity contribution in [2.75, 3.05) is 36.5 Å². The molecule has 1 saturated heterocycles. The molecule has 6 rings (SSSR count). The number of aryl methyl sites for hydroxylation is 2. The van der Waals surface area contributed by atoms with Crippen LogP contribution >= 0.6 is 0 Å².